The zero-order valence-corrected chi connectivity index (χ0v) is 11.5. The average molecular weight is 281 g/mol. The molecule has 0 bridgehead atoms. The molecule has 1 aliphatic rings. The molecular weight excluding hydrogens is 266 g/mol. The molecule has 0 spiro atoms. The molecule has 2 N–H and O–H groups in total. The number of carbonyl (C=O) groups is 2. The molecule has 0 radical (unpaired) electrons. The summed E-state index contributed by atoms with van der Waals surface area (Å²) >= 11 is 1.45. The summed E-state index contributed by atoms with van der Waals surface area (Å²) in [5, 5.41) is 11.7. The molecule has 2 rings (SSSR count). The van der Waals surface area contributed by atoms with Gasteiger partial charge in [-0.05, 0) is 25.5 Å². The van der Waals surface area contributed by atoms with E-state index in [9.17, 15) is 9.59 Å². The van der Waals surface area contributed by atoms with E-state index < -0.39 is 18.0 Å². The summed E-state index contributed by atoms with van der Waals surface area (Å²) in [6, 6.07) is 0.602. The number of carboxylic acids is 1. The van der Waals surface area contributed by atoms with Gasteiger partial charge in [0.15, 0.2) is 0 Å². The third-order valence-electron chi connectivity index (χ3n) is 3.02. The Labute approximate surface area is 115 Å². The Kier molecular flexibility index (Phi) is 3.94. The van der Waals surface area contributed by atoms with Gasteiger partial charge >= 0.3 is 12.0 Å². The van der Waals surface area contributed by atoms with E-state index in [1.54, 1.807) is 18.5 Å². The van der Waals surface area contributed by atoms with Gasteiger partial charge in [0, 0.05) is 11.9 Å². The Balaban J connectivity index is 2.15. The van der Waals surface area contributed by atoms with Crippen molar-refractivity contribution in [1.82, 2.24) is 9.88 Å². The second-order valence-corrected chi connectivity index (χ2v) is 5.66. The van der Waals surface area contributed by atoms with Crippen LogP contribution in [0.25, 0.3) is 0 Å². The van der Waals surface area contributed by atoms with Gasteiger partial charge in [-0.1, -0.05) is 0 Å². The number of amides is 2. The Morgan fingerprint density at radius 3 is 2.95 bits per heavy atom. The number of thioether (sulfide) groups is 1. The van der Waals surface area contributed by atoms with Crippen LogP contribution in [0.3, 0.4) is 0 Å². The normalized spacial score (nSPS) is 22.3. The number of pyridine rings is 1. The third kappa shape index (κ3) is 2.81. The third-order valence-corrected chi connectivity index (χ3v) is 4.24. The predicted octanol–water partition coefficient (Wildman–Crippen LogP) is 1.77. The van der Waals surface area contributed by atoms with E-state index in [1.807, 2.05) is 13.8 Å². The van der Waals surface area contributed by atoms with Crippen molar-refractivity contribution in [2.75, 3.05) is 11.1 Å². The van der Waals surface area contributed by atoms with Crippen LogP contribution < -0.4 is 5.32 Å². The van der Waals surface area contributed by atoms with Crippen molar-refractivity contribution in [2.24, 2.45) is 0 Å². The molecule has 19 heavy (non-hydrogen) atoms. The van der Waals surface area contributed by atoms with Crippen LogP contribution in [0.15, 0.2) is 18.5 Å². The summed E-state index contributed by atoms with van der Waals surface area (Å²) in [6.07, 6.45) is 3.19. The number of aliphatic carboxylic acids is 1. The number of anilines is 1. The number of hydrogen-bond acceptors (Lipinski definition) is 4. The highest BCUT2D eigenvalue weighted by Crippen LogP contribution is 2.29. The number of aryl methyl sites for hydroxylation is 1. The first-order chi connectivity index (χ1) is 9.00. The lowest BCUT2D eigenvalue weighted by molar-refractivity contribution is -0.141. The molecule has 0 aromatic carbocycles. The second-order valence-electron chi connectivity index (χ2n) is 4.31. The Morgan fingerprint density at radius 2 is 2.32 bits per heavy atom. The van der Waals surface area contributed by atoms with Gasteiger partial charge in [0.1, 0.15) is 6.04 Å². The highest BCUT2D eigenvalue weighted by Gasteiger charge is 2.39. The van der Waals surface area contributed by atoms with Crippen LogP contribution in [0.4, 0.5) is 10.5 Å². The summed E-state index contributed by atoms with van der Waals surface area (Å²) in [4.78, 5) is 28.6. The van der Waals surface area contributed by atoms with Crippen molar-refractivity contribution >= 4 is 29.4 Å². The van der Waals surface area contributed by atoms with Gasteiger partial charge in [-0.3, -0.25) is 9.88 Å². The first-order valence-corrected chi connectivity index (χ1v) is 6.90. The Bertz CT molecular complexity index is 509. The molecule has 2 unspecified atom stereocenters. The lowest BCUT2D eigenvalue weighted by Gasteiger charge is -2.25. The molecular formula is C12H15N3O3S. The van der Waals surface area contributed by atoms with Crippen LogP contribution in [0.1, 0.15) is 12.5 Å². The van der Waals surface area contributed by atoms with Gasteiger partial charge < -0.3 is 10.4 Å². The fourth-order valence-electron chi connectivity index (χ4n) is 1.92. The van der Waals surface area contributed by atoms with Gasteiger partial charge in [-0.2, -0.15) is 0 Å². The van der Waals surface area contributed by atoms with E-state index >= 15 is 0 Å². The summed E-state index contributed by atoms with van der Waals surface area (Å²) in [5.74, 6) is -0.564. The maximum Gasteiger partial charge on any atom is 0.327 e. The molecule has 2 atom stereocenters. The first kappa shape index (κ1) is 13.7. The van der Waals surface area contributed by atoms with Gasteiger partial charge in [-0.15, -0.1) is 11.8 Å². The number of rotatable bonds is 2. The molecule has 102 valence electrons. The van der Waals surface area contributed by atoms with Crippen molar-refractivity contribution < 1.29 is 14.7 Å². The lowest BCUT2D eigenvalue weighted by atomic mass is 10.2. The number of aromatic nitrogens is 1. The minimum atomic E-state index is -0.977. The number of nitrogens with zero attached hydrogens (tertiary/aromatic N) is 2. The van der Waals surface area contributed by atoms with E-state index in [4.69, 9.17) is 5.11 Å². The van der Waals surface area contributed by atoms with E-state index in [1.165, 1.54) is 16.7 Å². The molecule has 2 heterocycles. The van der Waals surface area contributed by atoms with Crippen LogP contribution in [0.5, 0.6) is 0 Å². The van der Waals surface area contributed by atoms with E-state index in [0.29, 0.717) is 11.4 Å². The van der Waals surface area contributed by atoms with Crippen LogP contribution in [-0.2, 0) is 4.79 Å². The SMILES string of the molecule is Cc1ccncc1NC(=O)N1C(C)SCC1C(=O)O. The lowest BCUT2D eigenvalue weighted by Crippen LogP contribution is -2.46. The van der Waals surface area contributed by atoms with Crippen LogP contribution >= 0.6 is 11.8 Å². The zero-order chi connectivity index (χ0) is 14.0. The molecule has 1 saturated heterocycles. The molecule has 7 heteroatoms. The minimum absolute atomic E-state index is 0.155. The quantitative estimate of drug-likeness (QED) is 0.863. The van der Waals surface area contributed by atoms with E-state index in [2.05, 4.69) is 10.3 Å². The molecule has 6 nitrogen and oxygen atoms in total. The summed E-state index contributed by atoms with van der Waals surface area (Å²) in [5.41, 5.74) is 1.48. The van der Waals surface area contributed by atoms with Crippen molar-refractivity contribution in [3.05, 3.63) is 24.0 Å². The summed E-state index contributed by atoms with van der Waals surface area (Å²) < 4.78 is 0. The summed E-state index contributed by atoms with van der Waals surface area (Å²) in [6.45, 7) is 3.68. The largest absolute Gasteiger partial charge is 0.480 e. The number of carbonyl (C=O) groups excluding carboxylic acids is 1. The predicted molar refractivity (Wildman–Crippen MR) is 73.2 cm³/mol. The van der Waals surface area contributed by atoms with Crippen LogP contribution in [0, 0.1) is 6.92 Å². The maximum absolute atomic E-state index is 12.2. The summed E-state index contributed by atoms with van der Waals surface area (Å²) in [7, 11) is 0. The Morgan fingerprint density at radius 1 is 1.58 bits per heavy atom. The van der Waals surface area contributed by atoms with Gasteiger partial charge in [-0.25, -0.2) is 9.59 Å². The molecule has 1 aromatic heterocycles. The van der Waals surface area contributed by atoms with Crippen molar-refractivity contribution in [2.45, 2.75) is 25.3 Å². The zero-order valence-electron chi connectivity index (χ0n) is 10.7. The molecule has 0 saturated carbocycles. The fraction of sp³-hybridized carbons (Fsp3) is 0.417. The molecule has 1 aromatic rings. The monoisotopic (exact) mass is 281 g/mol. The highest BCUT2D eigenvalue weighted by molar-refractivity contribution is 8.00. The molecule has 1 fully saturated rings. The maximum atomic E-state index is 12.2. The smallest absolute Gasteiger partial charge is 0.327 e. The second kappa shape index (κ2) is 5.48. The Hall–Kier alpha value is -1.76. The van der Waals surface area contributed by atoms with Gasteiger partial charge in [0.2, 0.25) is 0 Å². The van der Waals surface area contributed by atoms with Crippen molar-refractivity contribution in [3.8, 4) is 0 Å². The van der Waals surface area contributed by atoms with Crippen molar-refractivity contribution in [3.63, 3.8) is 0 Å². The molecule has 2 amide bonds. The number of nitrogens with one attached hydrogen (secondary N) is 1. The van der Waals surface area contributed by atoms with Gasteiger partial charge in [0.25, 0.3) is 0 Å². The fourth-order valence-corrected chi connectivity index (χ4v) is 3.08. The minimum Gasteiger partial charge on any atom is -0.480 e. The first-order valence-electron chi connectivity index (χ1n) is 5.85. The standard InChI is InChI=1S/C12H15N3O3S/c1-7-3-4-13-5-9(7)14-12(18)15-8(2)19-6-10(15)11(16)17/h3-5,8,10H,6H2,1-2H3,(H,14,18)(H,16,17). The number of urea groups is 1. The average Bonchev–Trinajstić information content (AvgIpc) is 2.74. The number of hydrogen-bond donors (Lipinski definition) is 2. The molecule has 1 aliphatic heterocycles. The van der Waals surface area contributed by atoms with Crippen LogP contribution in [0.2, 0.25) is 0 Å². The van der Waals surface area contributed by atoms with Gasteiger partial charge in [0.05, 0.1) is 17.3 Å². The topological polar surface area (TPSA) is 82.5 Å². The molecule has 0 aliphatic carbocycles. The van der Waals surface area contributed by atoms with E-state index in [-0.39, 0.29) is 5.37 Å². The van der Waals surface area contributed by atoms with E-state index in [0.717, 1.165) is 5.56 Å². The van der Waals surface area contributed by atoms with Crippen molar-refractivity contribution in [1.29, 1.82) is 0 Å². The van der Waals surface area contributed by atoms with Crippen LogP contribution in [-0.4, -0.2) is 44.2 Å². The number of carboxylic acid groups (broad SMARTS) is 1. The highest BCUT2D eigenvalue weighted by atomic mass is 32.2.